The van der Waals surface area contributed by atoms with Crippen LogP contribution in [0.1, 0.15) is 70.5 Å². The number of carbonyl (C=O) groups is 2. The maximum atomic E-state index is 14.6. The third-order valence-corrected chi connectivity index (χ3v) is 11.2. The summed E-state index contributed by atoms with van der Waals surface area (Å²) in [4.78, 5) is 28.2. The Hall–Kier alpha value is -2.36. The van der Waals surface area contributed by atoms with Gasteiger partial charge >= 0.3 is 12.1 Å². The highest BCUT2D eigenvalue weighted by Crippen LogP contribution is 2.52. The zero-order valence-corrected chi connectivity index (χ0v) is 26.7. The predicted molar refractivity (Wildman–Crippen MR) is 163 cm³/mol. The van der Waals surface area contributed by atoms with E-state index in [9.17, 15) is 27.0 Å². The van der Waals surface area contributed by atoms with Crippen molar-refractivity contribution in [2.24, 2.45) is 15.7 Å². The molecule has 5 atom stereocenters. The molecule has 11 heteroatoms. The molecule has 0 radical (unpaired) electrons. The van der Waals surface area contributed by atoms with E-state index in [0.717, 1.165) is 11.1 Å². The molecule has 0 N–H and O–H groups in total. The Morgan fingerprint density at radius 2 is 1.74 bits per heavy atom. The van der Waals surface area contributed by atoms with Crippen molar-refractivity contribution in [2.45, 2.75) is 76.9 Å². The first-order valence-electron chi connectivity index (χ1n) is 13.7. The summed E-state index contributed by atoms with van der Waals surface area (Å²) in [7, 11) is -3.76. The number of rotatable bonds is 9. The molecule has 0 aromatic heterocycles. The van der Waals surface area contributed by atoms with Crippen LogP contribution in [-0.2, 0) is 19.3 Å². The average molecular weight is 646 g/mol. The van der Waals surface area contributed by atoms with Gasteiger partial charge in [-0.15, -0.1) is 6.58 Å². The number of benzene rings is 2. The first kappa shape index (κ1) is 34.1. The summed E-state index contributed by atoms with van der Waals surface area (Å²) in [5, 5.41) is 0.127. The second kappa shape index (κ2) is 13.1. The lowest BCUT2D eigenvalue weighted by atomic mass is 9.67. The van der Waals surface area contributed by atoms with Gasteiger partial charge in [-0.25, -0.2) is 4.21 Å². The number of nitrogens with zero attached hydrogens (tertiary/aromatic N) is 2. The molecule has 0 aliphatic carbocycles. The minimum absolute atomic E-state index is 0.244. The number of alkyl halides is 3. The van der Waals surface area contributed by atoms with Crippen LogP contribution in [0.3, 0.4) is 0 Å². The Bertz CT molecular complexity index is 1440. The number of hydrogen-bond donors (Lipinski definition) is 0. The zero-order chi connectivity index (χ0) is 31.6. The van der Waals surface area contributed by atoms with Crippen LogP contribution in [0.5, 0.6) is 0 Å². The van der Waals surface area contributed by atoms with Crippen LogP contribution < -0.4 is 0 Å². The number of piperidine rings is 1. The monoisotopic (exact) mass is 644 g/mol. The van der Waals surface area contributed by atoms with Crippen LogP contribution in [-0.4, -0.2) is 44.1 Å². The van der Waals surface area contributed by atoms with Crippen LogP contribution in [0.25, 0.3) is 0 Å². The summed E-state index contributed by atoms with van der Waals surface area (Å²) in [6.07, 6.45) is -2.82. The van der Waals surface area contributed by atoms with Crippen LogP contribution >= 0.6 is 23.2 Å². The molecule has 1 fully saturated rings. The fourth-order valence-electron chi connectivity index (χ4n) is 5.62. The molecule has 1 saturated heterocycles. The molecular weight excluding hydrogens is 608 g/mol. The van der Waals surface area contributed by atoms with Gasteiger partial charge in [-0.3, -0.25) is 9.59 Å². The SMILES string of the molecule is C=CC[C@@]1(C)C[C@H](c2cccc(Cl)c2)[C@@H](c2ccc(Cl)cc2)N([C@H](CS(=O)(=NC(=O)C(F)(F)F)C(C)C)C(C)C)C1=O. The van der Waals surface area contributed by atoms with Crippen molar-refractivity contribution in [3.05, 3.63) is 82.4 Å². The number of amides is 2. The highest BCUT2D eigenvalue weighted by Gasteiger charge is 2.52. The second-order valence-corrected chi connectivity index (χ2v) is 15.4. The Morgan fingerprint density at radius 3 is 2.24 bits per heavy atom. The van der Waals surface area contributed by atoms with Crippen molar-refractivity contribution in [1.29, 1.82) is 0 Å². The molecule has 0 bridgehead atoms. The fraction of sp³-hybridized carbons (Fsp3) is 0.484. The van der Waals surface area contributed by atoms with E-state index < -0.39 is 50.3 Å². The molecule has 230 valence electrons. The van der Waals surface area contributed by atoms with E-state index in [-0.39, 0.29) is 17.7 Å². The molecule has 3 rings (SSSR count). The van der Waals surface area contributed by atoms with Gasteiger partial charge in [-0.1, -0.05) is 88.2 Å². The fourth-order valence-corrected chi connectivity index (χ4v) is 8.03. The van der Waals surface area contributed by atoms with Crippen LogP contribution in [0.4, 0.5) is 13.2 Å². The summed E-state index contributed by atoms with van der Waals surface area (Å²) in [6.45, 7) is 12.3. The first-order valence-corrected chi connectivity index (χ1v) is 16.2. The average Bonchev–Trinajstić information content (AvgIpc) is 2.89. The number of carbonyl (C=O) groups excluding carboxylic acids is 2. The minimum atomic E-state index is -5.27. The van der Waals surface area contributed by atoms with Crippen molar-refractivity contribution in [3.8, 4) is 0 Å². The van der Waals surface area contributed by atoms with Gasteiger partial charge in [0.25, 0.3) is 0 Å². The summed E-state index contributed by atoms with van der Waals surface area (Å²) in [5.74, 6) is -3.70. The molecule has 1 aliphatic heterocycles. The summed E-state index contributed by atoms with van der Waals surface area (Å²) >= 11 is 12.6. The molecule has 5 nitrogen and oxygen atoms in total. The van der Waals surface area contributed by atoms with Gasteiger partial charge in [-0.2, -0.15) is 17.5 Å². The Balaban J connectivity index is 2.33. The van der Waals surface area contributed by atoms with Crippen molar-refractivity contribution in [3.63, 3.8) is 0 Å². The van der Waals surface area contributed by atoms with Crippen LogP contribution in [0.2, 0.25) is 10.0 Å². The minimum Gasteiger partial charge on any atom is -0.330 e. The van der Waals surface area contributed by atoms with E-state index in [0.29, 0.717) is 22.9 Å². The van der Waals surface area contributed by atoms with Gasteiger partial charge in [0, 0.05) is 27.3 Å². The Kier molecular flexibility index (Phi) is 10.6. The molecule has 42 heavy (non-hydrogen) atoms. The topological polar surface area (TPSA) is 66.8 Å². The van der Waals surface area contributed by atoms with Crippen LogP contribution in [0, 0.1) is 11.3 Å². The molecule has 0 spiro atoms. The third-order valence-electron chi connectivity index (χ3n) is 7.94. The van der Waals surface area contributed by atoms with Crippen molar-refractivity contribution in [2.75, 3.05) is 5.75 Å². The normalized spacial score (nSPS) is 23.5. The molecule has 1 heterocycles. The first-order chi connectivity index (χ1) is 19.4. The molecule has 2 aromatic carbocycles. The number of halogens is 5. The molecular formula is C31H37Cl2F3N2O3S. The smallest absolute Gasteiger partial charge is 0.330 e. The highest BCUT2D eigenvalue weighted by molar-refractivity contribution is 7.94. The van der Waals surface area contributed by atoms with Gasteiger partial charge < -0.3 is 4.90 Å². The van der Waals surface area contributed by atoms with Crippen LogP contribution in [0.15, 0.2) is 65.5 Å². The molecule has 0 saturated carbocycles. The molecule has 1 aliphatic rings. The Labute approximate surface area is 256 Å². The predicted octanol–water partition coefficient (Wildman–Crippen LogP) is 8.62. The summed E-state index contributed by atoms with van der Waals surface area (Å²) in [5.41, 5.74) is 0.699. The third kappa shape index (κ3) is 7.40. The van der Waals surface area contributed by atoms with Gasteiger partial charge in [0.15, 0.2) is 0 Å². The van der Waals surface area contributed by atoms with E-state index >= 15 is 0 Å². The molecule has 1 unspecified atom stereocenters. The van der Waals surface area contributed by atoms with Gasteiger partial charge in [0.05, 0.1) is 26.9 Å². The van der Waals surface area contributed by atoms with Gasteiger partial charge in [0.1, 0.15) is 0 Å². The highest BCUT2D eigenvalue weighted by atomic mass is 35.5. The van der Waals surface area contributed by atoms with Crippen molar-refractivity contribution >= 4 is 44.7 Å². The van der Waals surface area contributed by atoms with Crippen molar-refractivity contribution in [1.82, 2.24) is 4.90 Å². The zero-order valence-electron chi connectivity index (χ0n) is 24.3. The van der Waals surface area contributed by atoms with E-state index in [1.54, 1.807) is 29.2 Å². The van der Waals surface area contributed by atoms with E-state index in [2.05, 4.69) is 10.9 Å². The van der Waals surface area contributed by atoms with E-state index in [1.165, 1.54) is 13.8 Å². The molecule has 2 aromatic rings. The second-order valence-electron chi connectivity index (χ2n) is 11.7. The standard InChI is InChI=1S/C31H37Cl2F3N2O3S/c1-7-15-30(6)17-25(22-9-8-10-24(33)16-22)27(21-11-13-23(32)14-12-21)38(29(30)40)26(19(2)3)18-42(41,20(4)5)37-28(39)31(34,35)36/h7-14,16,19-20,25-27H,1,15,17-18H2,2-6H3/t25-,26-,27-,30+,42?/m1/s1. The Morgan fingerprint density at radius 1 is 1.12 bits per heavy atom. The summed E-state index contributed by atoms with van der Waals surface area (Å²) < 4.78 is 57.2. The van der Waals surface area contributed by atoms with E-state index in [1.807, 2.05) is 51.1 Å². The lowest BCUT2D eigenvalue weighted by molar-refractivity contribution is -0.169. The lowest BCUT2D eigenvalue weighted by Crippen LogP contribution is -2.58. The lowest BCUT2D eigenvalue weighted by Gasteiger charge is -2.53. The number of hydrogen-bond acceptors (Lipinski definition) is 3. The van der Waals surface area contributed by atoms with Gasteiger partial charge in [-0.05, 0) is 54.2 Å². The van der Waals surface area contributed by atoms with Gasteiger partial charge in [0.2, 0.25) is 5.91 Å². The quantitative estimate of drug-likeness (QED) is 0.257. The number of allylic oxidation sites excluding steroid dienone is 1. The van der Waals surface area contributed by atoms with Crippen molar-refractivity contribution < 1.29 is 27.0 Å². The largest absolute Gasteiger partial charge is 0.474 e. The maximum absolute atomic E-state index is 14.6. The molecule has 2 amide bonds. The van der Waals surface area contributed by atoms with E-state index in [4.69, 9.17) is 23.2 Å². The maximum Gasteiger partial charge on any atom is 0.474 e. The number of likely N-dealkylation sites (tertiary alicyclic amines) is 1. The summed E-state index contributed by atoms with van der Waals surface area (Å²) in [6, 6.07) is 13.0.